The number of nitrogens with zero attached hydrogens (tertiary/aromatic N) is 1. The van der Waals surface area contributed by atoms with Crippen LogP contribution in [0.3, 0.4) is 0 Å². The smallest absolute Gasteiger partial charge is 0.140 e. The van der Waals surface area contributed by atoms with E-state index in [1.807, 2.05) is 12.1 Å². The number of hydrogen-bond donors (Lipinski definition) is 1. The summed E-state index contributed by atoms with van der Waals surface area (Å²) in [6, 6.07) is 23.5. The summed E-state index contributed by atoms with van der Waals surface area (Å²) in [5.41, 5.74) is 3.58. The van der Waals surface area contributed by atoms with Gasteiger partial charge in [0.1, 0.15) is 17.4 Å². The molecule has 0 fully saturated rings. The van der Waals surface area contributed by atoms with Crippen LogP contribution in [0.5, 0.6) is 5.75 Å². The summed E-state index contributed by atoms with van der Waals surface area (Å²) in [5.74, 6) is 0.880. The van der Waals surface area contributed by atoms with E-state index in [0.717, 1.165) is 23.0 Å². The molecule has 4 rings (SSSR count). The summed E-state index contributed by atoms with van der Waals surface area (Å²) in [5, 5.41) is 9.23. The van der Waals surface area contributed by atoms with Gasteiger partial charge in [-0.25, -0.2) is 4.98 Å². The van der Waals surface area contributed by atoms with Gasteiger partial charge in [-0.1, -0.05) is 54.1 Å². The second kappa shape index (κ2) is 8.55. The molecule has 3 nitrogen and oxygen atoms in total. The van der Waals surface area contributed by atoms with Crippen LogP contribution < -0.4 is 10.1 Å². The maximum absolute atomic E-state index is 5.82. The van der Waals surface area contributed by atoms with Gasteiger partial charge in [0.05, 0.1) is 5.69 Å². The topological polar surface area (TPSA) is 34.1 Å². The van der Waals surface area contributed by atoms with Crippen molar-refractivity contribution < 1.29 is 4.74 Å². The van der Waals surface area contributed by atoms with E-state index in [9.17, 15) is 0 Å². The molecule has 1 unspecified atom stereocenters. The van der Waals surface area contributed by atoms with Crippen molar-refractivity contribution in [3.05, 3.63) is 93.9 Å². The fraction of sp³-hybridized carbons (Fsp3) is 0.208. The molecular weight excluding hydrogens is 364 g/mol. The van der Waals surface area contributed by atoms with E-state index < -0.39 is 0 Å². The SMILES string of the molecule is Cc1ccc(OCc2nc(CNC(C)c3ccc4ccccc4c3)cs2)cc1. The lowest BCUT2D eigenvalue weighted by Gasteiger charge is -2.14. The number of fused-ring (bicyclic) bond motifs is 1. The van der Waals surface area contributed by atoms with Gasteiger partial charge in [0.25, 0.3) is 0 Å². The standard InChI is InChI=1S/C24H24N2OS/c1-17-7-11-23(12-8-17)27-15-24-26-22(16-28-24)14-25-18(2)20-10-9-19-5-3-4-6-21(19)13-20/h3-13,16,18,25H,14-15H2,1-2H3. The third-order valence-corrected chi connectivity index (χ3v) is 5.72. The minimum atomic E-state index is 0.263. The zero-order chi connectivity index (χ0) is 19.3. The van der Waals surface area contributed by atoms with Crippen LogP contribution in [0, 0.1) is 6.92 Å². The predicted molar refractivity (Wildman–Crippen MR) is 117 cm³/mol. The first-order chi connectivity index (χ1) is 13.7. The van der Waals surface area contributed by atoms with E-state index in [0.29, 0.717) is 6.61 Å². The normalized spacial score (nSPS) is 12.2. The molecule has 1 heterocycles. The molecule has 0 bridgehead atoms. The summed E-state index contributed by atoms with van der Waals surface area (Å²) in [6.45, 7) is 5.52. The van der Waals surface area contributed by atoms with Crippen LogP contribution in [-0.4, -0.2) is 4.98 Å². The van der Waals surface area contributed by atoms with Gasteiger partial charge in [-0.3, -0.25) is 0 Å². The van der Waals surface area contributed by atoms with Gasteiger partial charge in [-0.15, -0.1) is 11.3 Å². The predicted octanol–water partition coefficient (Wildman–Crippen LogP) is 6.03. The summed E-state index contributed by atoms with van der Waals surface area (Å²) < 4.78 is 5.82. The monoisotopic (exact) mass is 388 g/mol. The number of rotatable bonds is 7. The molecule has 0 amide bonds. The first kappa shape index (κ1) is 18.7. The van der Waals surface area contributed by atoms with Crippen LogP contribution in [0.25, 0.3) is 10.8 Å². The van der Waals surface area contributed by atoms with Crippen molar-refractivity contribution >= 4 is 22.1 Å². The van der Waals surface area contributed by atoms with Crippen molar-refractivity contribution in [3.63, 3.8) is 0 Å². The van der Waals surface area contributed by atoms with E-state index in [4.69, 9.17) is 4.74 Å². The van der Waals surface area contributed by atoms with Crippen LogP contribution >= 0.6 is 11.3 Å². The average molecular weight is 389 g/mol. The van der Waals surface area contributed by atoms with Gasteiger partial charge in [0, 0.05) is 18.0 Å². The van der Waals surface area contributed by atoms with Crippen molar-refractivity contribution in [2.75, 3.05) is 0 Å². The summed E-state index contributed by atoms with van der Waals surface area (Å²) >= 11 is 1.65. The number of hydrogen-bond acceptors (Lipinski definition) is 4. The zero-order valence-corrected chi connectivity index (χ0v) is 17.0. The molecule has 0 spiro atoms. The van der Waals surface area contributed by atoms with Gasteiger partial charge < -0.3 is 10.1 Å². The van der Waals surface area contributed by atoms with Crippen LogP contribution in [0.1, 0.15) is 34.8 Å². The Kier molecular flexibility index (Phi) is 5.70. The molecule has 0 saturated carbocycles. The van der Waals surface area contributed by atoms with Gasteiger partial charge in [0.15, 0.2) is 0 Å². The molecule has 4 aromatic rings. The highest BCUT2D eigenvalue weighted by Gasteiger charge is 2.08. The minimum absolute atomic E-state index is 0.263. The second-order valence-corrected chi connectivity index (χ2v) is 7.99. The lowest BCUT2D eigenvalue weighted by molar-refractivity contribution is 0.305. The quantitative estimate of drug-likeness (QED) is 0.419. The lowest BCUT2D eigenvalue weighted by Crippen LogP contribution is -2.18. The molecule has 0 aliphatic carbocycles. The van der Waals surface area contributed by atoms with E-state index in [1.54, 1.807) is 11.3 Å². The highest BCUT2D eigenvalue weighted by atomic mass is 32.1. The fourth-order valence-corrected chi connectivity index (χ4v) is 3.83. The Hall–Kier alpha value is -2.69. The van der Waals surface area contributed by atoms with Crippen LogP contribution in [-0.2, 0) is 13.2 Å². The number of aromatic nitrogens is 1. The molecule has 3 aromatic carbocycles. The van der Waals surface area contributed by atoms with Crippen molar-refractivity contribution in [1.82, 2.24) is 10.3 Å². The van der Waals surface area contributed by atoms with E-state index in [-0.39, 0.29) is 6.04 Å². The third-order valence-electron chi connectivity index (χ3n) is 4.85. The molecular formula is C24H24N2OS. The summed E-state index contributed by atoms with van der Waals surface area (Å²) in [6.07, 6.45) is 0. The van der Waals surface area contributed by atoms with Crippen molar-refractivity contribution in [1.29, 1.82) is 0 Å². The van der Waals surface area contributed by atoms with E-state index >= 15 is 0 Å². The number of thiazole rings is 1. The van der Waals surface area contributed by atoms with Crippen molar-refractivity contribution in [2.24, 2.45) is 0 Å². The molecule has 142 valence electrons. The van der Waals surface area contributed by atoms with Gasteiger partial charge in [-0.05, 0) is 48.4 Å². The number of benzene rings is 3. The highest BCUT2D eigenvalue weighted by Crippen LogP contribution is 2.21. The van der Waals surface area contributed by atoms with E-state index in [2.05, 4.69) is 84.1 Å². The molecule has 0 radical (unpaired) electrons. The highest BCUT2D eigenvalue weighted by molar-refractivity contribution is 7.09. The maximum atomic E-state index is 5.82. The lowest BCUT2D eigenvalue weighted by atomic mass is 10.0. The number of ether oxygens (including phenoxy) is 1. The zero-order valence-electron chi connectivity index (χ0n) is 16.2. The summed E-state index contributed by atoms with van der Waals surface area (Å²) in [7, 11) is 0. The van der Waals surface area contributed by atoms with Crippen LogP contribution in [0.15, 0.2) is 72.1 Å². The van der Waals surface area contributed by atoms with Gasteiger partial charge in [0.2, 0.25) is 0 Å². The third kappa shape index (κ3) is 4.58. The Balaban J connectivity index is 1.32. The Morgan fingerprint density at radius 3 is 2.61 bits per heavy atom. The van der Waals surface area contributed by atoms with Gasteiger partial charge >= 0.3 is 0 Å². The molecule has 0 aliphatic rings. The molecule has 0 saturated heterocycles. The molecule has 1 aromatic heterocycles. The molecule has 28 heavy (non-hydrogen) atoms. The van der Waals surface area contributed by atoms with E-state index in [1.165, 1.54) is 21.9 Å². The number of nitrogens with one attached hydrogen (secondary N) is 1. The molecule has 0 aliphatic heterocycles. The van der Waals surface area contributed by atoms with Crippen molar-refractivity contribution in [2.45, 2.75) is 33.0 Å². The largest absolute Gasteiger partial charge is 0.486 e. The number of aryl methyl sites for hydroxylation is 1. The fourth-order valence-electron chi connectivity index (χ4n) is 3.13. The Morgan fingerprint density at radius 1 is 1.00 bits per heavy atom. The van der Waals surface area contributed by atoms with Crippen LogP contribution in [0.2, 0.25) is 0 Å². The Morgan fingerprint density at radius 2 is 1.79 bits per heavy atom. The second-order valence-electron chi connectivity index (χ2n) is 7.04. The molecule has 4 heteroatoms. The Labute approximate surface area is 170 Å². The summed E-state index contributed by atoms with van der Waals surface area (Å²) in [4.78, 5) is 4.69. The Bertz CT molecular complexity index is 1060. The minimum Gasteiger partial charge on any atom is -0.486 e. The first-order valence-corrected chi connectivity index (χ1v) is 10.4. The average Bonchev–Trinajstić information content (AvgIpc) is 3.19. The van der Waals surface area contributed by atoms with Gasteiger partial charge in [-0.2, -0.15) is 0 Å². The first-order valence-electron chi connectivity index (χ1n) is 9.52. The molecule has 1 atom stereocenters. The maximum Gasteiger partial charge on any atom is 0.140 e. The molecule has 1 N–H and O–H groups in total. The van der Waals surface area contributed by atoms with Crippen molar-refractivity contribution in [3.8, 4) is 5.75 Å². The van der Waals surface area contributed by atoms with Crippen LogP contribution in [0.4, 0.5) is 0 Å².